The molecular weight excluding hydrogens is 320 g/mol. The van der Waals surface area contributed by atoms with Gasteiger partial charge in [-0.25, -0.2) is 0 Å². The van der Waals surface area contributed by atoms with Crippen LogP contribution in [0.25, 0.3) is 0 Å². The zero-order valence-corrected chi connectivity index (χ0v) is 18.3. The van der Waals surface area contributed by atoms with Crippen molar-refractivity contribution in [3.63, 3.8) is 0 Å². The number of carbonyl (C=O) groups is 1. The Labute approximate surface area is 164 Å². The molecule has 1 unspecified atom stereocenters. The minimum absolute atomic E-state index is 0.339. The van der Waals surface area contributed by atoms with Crippen LogP contribution in [0.4, 0.5) is 0 Å². The second-order valence-corrected chi connectivity index (χ2v) is 8.15. The molecule has 0 saturated carbocycles. The summed E-state index contributed by atoms with van der Waals surface area (Å²) in [5, 5.41) is 0. The Balaban J connectivity index is 0.000000481. The van der Waals surface area contributed by atoms with Crippen molar-refractivity contribution in [3.05, 3.63) is 0 Å². The van der Waals surface area contributed by atoms with Gasteiger partial charge in [0.25, 0.3) is 0 Å². The van der Waals surface area contributed by atoms with Gasteiger partial charge in [0.05, 0.1) is 12.7 Å². The standard InChI is InChI=1S/2C12H24O/c1-2-3-4-5-6-7-8-9-10-12-11-13-12;1-3-4-5-6-7-8-9-10-11-12(2)13/h12H,2-11H2,1H3;3-11H2,1-2H3. The van der Waals surface area contributed by atoms with E-state index in [2.05, 4.69) is 13.8 Å². The Kier molecular flexibility index (Phi) is 20.6. The predicted octanol–water partition coefficient (Wildman–Crippen LogP) is 8.02. The van der Waals surface area contributed by atoms with E-state index in [0.29, 0.717) is 11.9 Å². The highest BCUT2D eigenvalue weighted by molar-refractivity contribution is 5.75. The molecule has 26 heavy (non-hydrogen) atoms. The summed E-state index contributed by atoms with van der Waals surface area (Å²) in [6.45, 7) is 7.24. The Morgan fingerprint density at radius 1 is 0.692 bits per heavy atom. The molecule has 156 valence electrons. The zero-order valence-electron chi connectivity index (χ0n) is 18.3. The lowest BCUT2D eigenvalue weighted by molar-refractivity contribution is -0.117. The van der Waals surface area contributed by atoms with Crippen LogP contribution in [-0.4, -0.2) is 18.5 Å². The maximum atomic E-state index is 10.6. The van der Waals surface area contributed by atoms with Crippen LogP contribution in [0.1, 0.15) is 136 Å². The van der Waals surface area contributed by atoms with Gasteiger partial charge >= 0.3 is 0 Å². The van der Waals surface area contributed by atoms with Gasteiger partial charge in [-0.3, -0.25) is 0 Å². The van der Waals surface area contributed by atoms with E-state index in [1.54, 1.807) is 6.92 Å². The third-order valence-electron chi connectivity index (χ3n) is 5.16. The maximum Gasteiger partial charge on any atom is 0.129 e. The summed E-state index contributed by atoms with van der Waals surface area (Å²) in [4.78, 5) is 10.6. The first-order valence-electron chi connectivity index (χ1n) is 11.8. The van der Waals surface area contributed by atoms with Crippen molar-refractivity contribution in [2.75, 3.05) is 6.61 Å². The van der Waals surface area contributed by atoms with Gasteiger partial charge in [-0.05, 0) is 19.8 Å². The molecule has 0 bridgehead atoms. The number of ether oxygens (including phenoxy) is 1. The van der Waals surface area contributed by atoms with Gasteiger partial charge in [0.2, 0.25) is 0 Å². The van der Waals surface area contributed by atoms with Gasteiger partial charge in [0.15, 0.2) is 0 Å². The van der Waals surface area contributed by atoms with Crippen LogP contribution < -0.4 is 0 Å². The van der Waals surface area contributed by atoms with Crippen molar-refractivity contribution in [2.45, 2.75) is 142 Å². The first kappa shape index (κ1) is 25.6. The molecule has 1 heterocycles. The SMILES string of the molecule is CCCCCCCCCCC(C)=O.CCCCCCCCCCC1CO1. The van der Waals surface area contributed by atoms with E-state index in [9.17, 15) is 4.79 Å². The number of unbranched alkanes of at least 4 members (excludes halogenated alkanes) is 14. The molecule has 0 aromatic heterocycles. The van der Waals surface area contributed by atoms with Crippen LogP contribution in [0, 0.1) is 0 Å². The van der Waals surface area contributed by atoms with E-state index >= 15 is 0 Å². The van der Waals surface area contributed by atoms with E-state index in [-0.39, 0.29) is 0 Å². The van der Waals surface area contributed by atoms with E-state index in [1.165, 1.54) is 103 Å². The van der Waals surface area contributed by atoms with E-state index in [4.69, 9.17) is 4.74 Å². The highest BCUT2D eigenvalue weighted by atomic mass is 16.6. The van der Waals surface area contributed by atoms with Gasteiger partial charge in [0, 0.05) is 6.42 Å². The highest BCUT2D eigenvalue weighted by Crippen LogP contribution is 2.18. The van der Waals surface area contributed by atoms with Gasteiger partial charge in [-0.2, -0.15) is 0 Å². The summed E-state index contributed by atoms with van der Waals surface area (Å²) in [5.41, 5.74) is 0. The summed E-state index contributed by atoms with van der Waals surface area (Å²) >= 11 is 0. The molecule has 0 amide bonds. The lowest BCUT2D eigenvalue weighted by Crippen LogP contribution is -1.89. The number of ketones is 1. The van der Waals surface area contributed by atoms with Gasteiger partial charge in [-0.1, -0.05) is 110 Å². The van der Waals surface area contributed by atoms with Gasteiger partial charge in [-0.15, -0.1) is 0 Å². The zero-order chi connectivity index (χ0) is 19.3. The summed E-state index contributed by atoms with van der Waals surface area (Å²) in [6.07, 6.45) is 24.6. The molecule has 1 aliphatic heterocycles. The molecule has 1 fully saturated rings. The normalized spacial score (nSPS) is 15.4. The highest BCUT2D eigenvalue weighted by Gasteiger charge is 2.20. The van der Waals surface area contributed by atoms with Crippen LogP contribution in [0.3, 0.4) is 0 Å². The number of epoxide rings is 1. The summed E-state index contributed by atoms with van der Waals surface area (Å²) in [7, 11) is 0. The van der Waals surface area contributed by atoms with Gasteiger partial charge < -0.3 is 9.53 Å². The molecule has 1 aliphatic rings. The maximum absolute atomic E-state index is 10.6. The van der Waals surface area contributed by atoms with Crippen LogP contribution >= 0.6 is 0 Å². The van der Waals surface area contributed by atoms with Crippen LogP contribution in [0.2, 0.25) is 0 Å². The first-order chi connectivity index (χ1) is 12.7. The average molecular weight is 369 g/mol. The Morgan fingerprint density at radius 3 is 1.46 bits per heavy atom. The number of carbonyl (C=O) groups excluding carboxylic acids is 1. The van der Waals surface area contributed by atoms with Crippen molar-refractivity contribution >= 4 is 5.78 Å². The number of rotatable bonds is 18. The summed E-state index contributed by atoms with van der Waals surface area (Å²) in [5.74, 6) is 0.339. The summed E-state index contributed by atoms with van der Waals surface area (Å²) in [6, 6.07) is 0. The molecule has 0 aromatic carbocycles. The van der Waals surface area contributed by atoms with Crippen molar-refractivity contribution in [2.24, 2.45) is 0 Å². The van der Waals surface area contributed by atoms with Crippen molar-refractivity contribution in [3.8, 4) is 0 Å². The largest absolute Gasteiger partial charge is 0.373 e. The van der Waals surface area contributed by atoms with Crippen molar-refractivity contribution < 1.29 is 9.53 Å². The lowest BCUT2D eigenvalue weighted by atomic mass is 10.1. The molecule has 2 nitrogen and oxygen atoms in total. The second-order valence-electron chi connectivity index (χ2n) is 8.15. The van der Waals surface area contributed by atoms with E-state index < -0.39 is 0 Å². The molecule has 2 heteroatoms. The predicted molar refractivity (Wildman–Crippen MR) is 115 cm³/mol. The Bertz CT molecular complexity index is 284. The molecule has 1 rings (SSSR count). The smallest absolute Gasteiger partial charge is 0.129 e. The minimum atomic E-state index is 0.339. The average Bonchev–Trinajstić information content (AvgIpc) is 3.44. The number of Topliss-reactive ketones (excluding diaryl/α,β-unsaturated/α-hetero) is 1. The van der Waals surface area contributed by atoms with Gasteiger partial charge in [0.1, 0.15) is 5.78 Å². The van der Waals surface area contributed by atoms with Crippen molar-refractivity contribution in [1.29, 1.82) is 0 Å². The van der Waals surface area contributed by atoms with Crippen LogP contribution in [0.15, 0.2) is 0 Å². The fraction of sp³-hybridized carbons (Fsp3) is 0.958. The monoisotopic (exact) mass is 368 g/mol. The van der Waals surface area contributed by atoms with E-state index in [1.807, 2.05) is 0 Å². The fourth-order valence-electron chi connectivity index (χ4n) is 3.25. The molecule has 1 saturated heterocycles. The topological polar surface area (TPSA) is 29.6 Å². The first-order valence-corrected chi connectivity index (χ1v) is 11.8. The quantitative estimate of drug-likeness (QED) is 0.181. The third kappa shape index (κ3) is 23.6. The molecule has 0 spiro atoms. The van der Waals surface area contributed by atoms with E-state index in [0.717, 1.165) is 19.4 Å². The molecule has 0 radical (unpaired) electrons. The molecule has 0 aliphatic carbocycles. The second kappa shape index (κ2) is 20.9. The molecule has 0 N–H and O–H groups in total. The Hall–Kier alpha value is -0.370. The minimum Gasteiger partial charge on any atom is -0.373 e. The summed E-state index contributed by atoms with van der Waals surface area (Å²) < 4.78 is 5.17. The Morgan fingerprint density at radius 2 is 1.08 bits per heavy atom. The van der Waals surface area contributed by atoms with Crippen molar-refractivity contribution in [1.82, 2.24) is 0 Å². The number of hydrogen-bond donors (Lipinski definition) is 0. The molecule has 1 atom stereocenters. The van der Waals surface area contributed by atoms with Crippen LogP contribution in [0.5, 0.6) is 0 Å². The molecule has 0 aromatic rings. The fourth-order valence-corrected chi connectivity index (χ4v) is 3.25. The molecular formula is C24H48O2. The third-order valence-corrected chi connectivity index (χ3v) is 5.16. The lowest BCUT2D eigenvalue weighted by Gasteiger charge is -1.99. The van der Waals surface area contributed by atoms with Crippen LogP contribution in [-0.2, 0) is 9.53 Å². The number of hydrogen-bond acceptors (Lipinski definition) is 2.